The molecule has 0 unspecified atom stereocenters. The summed E-state index contributed by atoms with van der Waals surface area (Å²) >= 11 is 1.78. The molecular formula is C17H21NO2S. The summed E-state index contributed by atoms with van der Waals surface area (Å²) in [4.78, 5) is 1.36. The molecule has 0 atom stereocenters. The van der Waals surface area contributed by atoms with Crippen LogP contribution in [0.4, 0.5) is 0 Å². The van der Waals surface area contributed by atoms with E-state index in [1.165, 1.54) is 23.3 Å². The van der Waals surface area contributed by atoms with Crippen molar-refractivity contribution >= 4 is 11.3 Å². The molecule has 2 aromatic rings. The SMILES string of the molecule is COc1ccc(OCCc2cccs2)c(CNC2CC2)c1. The molecule has 21 heavy (non-hydrogen) atoms. The predicted molar refractivity (Wildman–Crippen MR) is 86.4 cm³/mol. The van der Waals surface area contributed by atoms with Crippen molar-refractivity contribution in [2.45, 2.75) is 31.8 Å². The molecule has 1 fully saturated rings. The average molecular weight is 303 g/mol. The first-order valence-electron chi connectivity index (χ1n) is 7.40. The lowest BCUT2D eigenvalue weighted by Crippen LogP contribution is -2.16. The largest absolute Gasteiger partial charge is 0.497 e. The summed E-state index contributed by atoms with van der Waals surface area (Å²) in [6, 6.07) is 11.0. The molecule has 1 aliphatic rings. The molecule has 0 aliphatic heterocycles. The quantitative estimate of drug-likeness (QED) is 0.808. The van der Waals surface area contributed by atoms with E-state index in [4.69, 9.17) is 9.47 Å². The van der Waals surface area contributed by atoms with Gasteiger partial charge in [0.25, 0.3) is 0 Å². The van der Waals surface area contributed by atoms with Gasteiger partial charge in [0.2, 0.25) is 0 Å². The Morgan fingerprint density at radius 1 is 1.29 bits per heavy atom. The Kier molecular flexibility index (Phi) is 4.78. The van der Waals surface area contributed by atoms with Crippen molar-refractivity contribution < 1.29 is 9.47 Å². The molecule has 0 spiro atoms. The second-order valence-electron chi connectivity index (χ2n) is 5.31. The van der Waals surface area contributed by atoms with Gasteiger partial charge in [-0.05, 0) is 42.5 Å². The van der Waals surface area contributed by atoms with Crippen molar-refractivity contribution in [3.63, 3.8) is 0 Å². The van der Waals surface area contributed by atoms with Crippen molar-refractivity contribution in [2.24, 2.45) is 0 Å². The van der Waals surface area contributed by atoms with Gasteiger partial charge in [0, 0.05) is 29.4 Å². The van der Waals surface area contributed by atoms with E-state index in [1.54, 1.807) is 18.4 Å². The zero-order valence-electron chi connectivity index (χ0n) is 12.3. The lowest BCUT2D eigenvalue weighted by atomic mass is 10.2. The second-order valence-corrected chi connectivity index (χ2v) is 6.34. The van der Waals surface area contributed by atoms with Crippen LogP contribution >= 0.6 is 11.3 Å². The maximum atomic E-state index is 5.97. The third-order valence-corrected chi connectivity index (χ3v) is 4.55. The van der Waals surface area contributed by atoms with Crippen LogP contribution in [-0.4, -0.2) is 19.8 Å². The molecule has 1 aromatic heterocycles. The first kappa shape index (κ1) is 14.4. The van der Waals surface area contributed by atoms with E-state index in [2.05, 4.69) is 28.9 Å². The van der Waals surface area contributed by atoms with Gasteiger partial charge in [0.05, 0.1) is 13.7 Å². The molecule has 0 radical (unpaired) electrons. The Balaban J connectivity index is 1.60. The molecule has 1 aromatic carbocycles. The fourth-order valence-corrected chi connectivity index (χ4v) is 2.91. The molecule has 1 saturated carbocycles. The number of benzene rings is 1. The third kappa shape index (κ3) is 4.22. The summed E-state index contributed by atoms with van der Waals surface area (Å²) < 4.78 is 11.3. The third-order valence-electron chi connectivity index (χ3n) is 3.61. The van der Waals surface area contributed by atoms with Gasteiger partial charge in [-0.25, -0.2) is 0 Å². The first-order valence-corrected chi connectivity index (χ1v) is 8.28. The van der Waals surface area contributed by atoms with Gasteiger partial charge in [-0.1, -0.05) is 6.07 Å². The lowest BCUT2D eigenvalue weighted by Gasteiger charge is -2.13. The van der Waals surface area contributed by atoms with E-state index in [0.29, 0.717) is 12.6 Å². The van der Waals surface area contributed by atoms with E-state index in [9.17, 15) is 0 Å². The van der Waals surface area contributed by atoms with Gasteiger partial charge < -0.3 is 14.8 Å². The first-order chi connectivity index (χ1) is 10.3. The Morgan fingerprint density at radius 2 is 2.19 bits per heavy atom. The van der Waals surface area contributed by atoms with E-state index in [0.717, 1.165) is 24.5 Å². The van der Waals surface area contributed by atoms with E-state index < -0.39 is 0 Å². The summed E-state index contributed by atoms with van der Waals surface area (Å²) in [6.45, 7) is 1.56. The van der Waals surface area contributed by atoms with Gasteiger partial charge in [-0.2, -0.15) is 0 Å². The summed E-state index contributed by atoms with van der Waals surface area (Å²) in [5.41, 5.74) is 1.17. The standard InChI is InChI=1S/C17H21NO2S/c1-19-15-6-7-17(13(11-15)12-18-14-4-5-14)20-9-8-16-3-2-10-21-16/h2-3,6-7,10-11,14,18H,4-5,8-9,12H2,1H3. The van der Waals surface area contributed by atoms with Crippen molar-refractivity contribution in [3.8, 4) is 11.5 Å². The maximum Gasteiger partial charge on any atom is 0.124 e. The van der Waals surface area contributed by atoms with Crippen LogP contribution in [0.2, 0.25) is 0 Å². The maximum absolute atomic E-state index is 5.97. The minimum absolute atomic E-state index is 0.690. The van der Waals surface area contributed by atoms with E-state index in [-0.39, 0.29) is 0 Å². The normalized spacial score (nSPS) is 14.1. The molecule has 0 saturated heterocycles. The lowest BCUT2D eigenvalue weighted by molar-refractivity contribution is 0.317. The molecule has 3 nitrogen and oxygen atoms in total. The summed E-state index contributed by atoms with van der Waals surface area (Å²) in [6.07, 6.45) is 3.54. The molecule has 0 amide bonds. The Bertz CT molecular complexity index is 564. The number of hydrogen-bond acceptors (Lipinski definition) is 4. The molecule has 112 valence electrons. The van der Waals surface area contributed by atoms with Crippen LogP contribution in [-0.2, 0) is 13.0 Å². The highest BCUT2D eigenvalue weighted by Crippen LogP contribution is 2.26. The van der Waals surface area contributed by atoms with Gasteiger partial charge in [-0.3, -0.25) is 0 Å². The van der Waals surface area contributed by atoms with Crippen LogP contribution in [0.1, 0.15) is 23.3 Å². The summed E-state index contributed by atoms with van der Waals surface area (Å²) in [5.74, 6) is 1.84. The molecule has 3 rings (SSSR count). The smallest absolute Gasteiger partial charge is 0.124 e. The van der Waals surface area contributed by atoms with Crippen LogP contribution in [0.25, 0.3) is 0 Å². The zero-order chi connectivity index (χ0) is 14.5. The molecule has 0 bridgehead atoms. The zero-order valence-corrected chi connectivity index (χ0v) is 13.1. The molecule has 1 heterocycles. The van der Waals surface area contributed by atoms with Crippen molar-refractivity contribution in [3.05, 3.63) is 46.2 Å². The van der Waals surface area contributed by atoms with Crippen LogP contribution in [0.15, 0.2) is 35.7 Å². The Hall–Kier alpha value is -1.52. The van der Waals surface area contributed by atoms with Crippen LogP contribution in [0.5, 0.6) is 11.5 Å². The van der Waals surface area contributed by atoms with Gasteiger partial charge in [0.1, 0.15) is 11.5 Å². The Morgan fingerprint density at radius 3 is 2.90 bits per heavy atom. The molecule has 4 heteroatoms. The summed E-state index contributed by atoms with van der Waals surface area (Å²) in [5, 5.41) is 5.64. The Labute approximate surface area is 129 Å². The van der Waals surface area contributed by atoms with Crippen LogP contribution in [0, 0.1) is 0 Å². The van der Waals surface area contributed by atoms with Crippen molar-refractivity contribution in [2.75, 3.05) is 13.7 Å². The minimum atomic E-state index is 0.690. The average Bonchev–Trinajstić information content (AvgIpc) is 3.20. The number of nitrogens with one attached hydrogen (secondary N) is 1. The van der Waals surface area contributed by atoms with Crippen LogP contribution in [0.3, 0.4) is 0 Å². The van der Waals surface area contributed by atoms with Crippen LogP contribution < -0.4 is 14.8 Å². The fraction of sp³-hybridized carbons (Fsp3) is 0.412. The fourth-order valence-electron chi connectivity index (χ4n) is 2.22. The molecule has 1 aliphatic carbocycles. The van der Waals surface area contributed by atoms with Gasteiger partial charge in [0.15, 0.2) is 0 Å². The number of hydrogen-bond donors (Lipinski definition) is 1. The molecular weight excluding hydrogens is 282 g/mol. The number of thiophene rings is 1. The van der Waals surface area contributed by atoms with E-state index >= 15 is 0 Å². The van der Waals surface area contributed by atoms with Gasteiger partial charge >= 0.3 is 0 Å². The highest BCUT2D eigenvalue weighted by atomic mass is 32.1. The van der Waals surface area contributed by atoms with Crippen molar-refractivity contribution in [1.82, 2.24) is 5.32 Å². The number of rotatable bonds is 8. The molecule has 1 N–H and O–H groups in total. The summed E-state index contributed by atoms with van der Waals surface area (Å²) in [7, 11) is 1.70. The number of methoxy groups -OCH3 is 1. The second kappa shape index (κ2) is 6.96. The number of ether oxygens (including phenoxy) is 2. The van der Waals surface area contributed by atoms with Gasteiger partial charge in [-0.15, -0.1) is 11.3 Å². The monoisotopic (exact) mass is 303 g/mol. The highest BCUT2D eigenvalue weighted by Gasteiger charge is 2.20. The van der Waals surface area contributed by atoms with E-state index in [1.807, 2.05) is 12.1 Å². The van der Waals surface area contributed by atoms with Crippen molar-refractivity contribution in [1.29, 1.82) is 0 Å². The topological polar surface area (TPSA) is 30.5 Å². The predicted octanol–water partition coefficient (Wildman–Crippen LogP) is 3.63. The highest BCUT2D eigenvalue weighted by molar-refractivity contribution is 7.09. The minimum Gasteiger partial charge on any atom is -0.497 e.